The maximum atomic E-state index is 12.9. The van der Waals surface area contributed by atoms with Crippen molar-refractivity contribution in [1.29, 1.82) is 0 Å². The number of halogens is 2. The number of amides is 1. The third kappa shape index (κ3) is 7.36. The van der Waals surface area contributed by atoms with Crippen molar-refractivity contribution in [1.82, 2.24) is 25.5 Å². The van der Waals surface area contributed by atoms with Crippen molar-refractivity contribution in [3.05, 3.63) is 58.1 Å². The summed E-state index contributed by atoms with van der Waals surface area (Å²) < 4.78 is 6.52. The molecule has 0 aliphatic rings. The Morgan fingerprint density at radius 3 is 2.50 bits per heavy atom. The summed E-state index contributed by atoms with van der Waals surface area (Å²) in [5.41, 5.74) is 1.10. The average Bonchev–Trinajstić information content (AvgIpc) is 3.26. The smallest absolute Gasteiger partial charge is 0.279 e. The van der Waals surface area contributed by atoms with Crippen molar-refractivity contribution < 1.29 is 14.3 Å². The van der Waals surface area contributed by atoms with Crippen molar-refractivity contribution in [3.63, 3.8) is 0 Å². The van der Waals surface area contributed by atoms with Crippen molar-refractivity contribution in [2.24, 2.45) is 0 Å². The Balaban J connectivity index is 1.52. The number of aromatic nitrogens is 4. The number of rotatable bonds is 11. The molecule has 1 aromatic heterocycles. The zero-order chi connectivity index (χ0) is 24.5. The van der Waals surface area contributed by atoms with Gasteiger partial charge in [-0.1, -0.05) is 60.1 Å². The molecule has 1 heterocycles. The predicted molar refractivity (Wildman–Crippen MR) is 135 cm³/mol. The second-order valence-electron chi connectivity index (χ2n) is 7.08. The van der Waals surface area contributed by atoms with Crippen molar-refractivity contribution >= 4 is 57.7 Å². The highest BCUT2D eigenvalue weighted by molar-refractivity contribution is 8.13. The Bertz CT molecular complexity index is 1110. The highest BCUT2D eigenvalue weighted by Crippen LogP contribution is 2.37. The normalized spacial score (nSPS) is 11.8. The Morgan fingerprint density at radius 2 is 1.85 bits per heavy atom. The third-order valence-corrected chi connectivity index (χ3v) is 7.55. The van der Waals surface area contributed by atoms with Gasteiger partial charge in [-0.3, -0.25) is 9.59 Å². The van der Waals surface area contributed by atoms with Gasteiger partial charge >= 0.3 is 0 Å². The van der Waals surface area contributed by atoms with Crippen LogP contribution in [0.4, 0.5) is 4.79 Å². The Hall–Kier alpha value is -2.27. The van der Waals surface area contributed by atoms with E-state index in [1.165, 1.54) is 16.4 Å². The molecule has 2 aromatic carbocycles. The van der Waals surface area contributed by atoms with Crippen molar-refractivity contribution in [2.75, 3.05) is 12.9 Å². The molecule has 12 heteroatoms. The minimum absolute atomic E-state index is 0.0906. The van der Waals surface area contributed by atoms with Crippen molar-refractivity contribution in [3.8, 4) is 5.75 Å². The zero-order valence-corrected chi connectivity index (χ0v) is 21.7. The SMILES string of the molecule is CCC(NC(=O)SCCc1ccc(OC)cc1)C(=O)Cn1nnnc1Sc1c(Cl)cccc1Cl. The van der Waals surface area contributed by atoms with E-state index in [2.05, 4.69) is 20.8 Å². The summed E-state index contributed by atoms with van der Waals surface area (Å²) in [6, 6.07) is 12.2. The minimum Gasteiger partial charge on any atom is -0.497 e. The lowest BCUT2D eigenvalue weighted by Gasteiger charge is -2.16. The summed E-state index contributed by atoms with van der Waals surface area (Å²) in [6.07, 6.45) is 1.17. The molecule has 0 radical (unpaired) electrons. The Morgan fingerprint density at radius 1 is 1.15 bits per heavy atom. The number of benzene rings is 2. The van der Waals surface area contributed by atoms with E-state index in [1.54, 1.807) is 25.3 Å². The van der Waals surface area contributed by atoms with E-state index in [4.69, 9.17) is 27.9 Å². The molecule has 3 rings (SSSR count). The molecule has 1 unspecified atom stereocenters. The van der Waals surface area contributed by atoms with E-state index in [0.29, 0.717) is 32.3 Å². The summed E-state index contributed by atoms with van der Waals surface area (Å²) in [5, 5.41) is 15.4. The van der Waals surface area contributed by atoms with Gasteiger partial charge in [0.1, 0.15) is 12.3 Å². The first-order valence-corrected chi connectivity index (χ1v) is 12.9. The van der Waals surface area contributed by atoms with Gasteiger partial charge in [0.05, 0.1) is 28.1 Å². The number of Topliss-reactive ketones (excluding diaryl/α,β-unsaturated/α-hetero) is 1. The zero-order valence-electron chi connectivity index (χ0n) is 18.5. The number of thioether (sulfide) groups is 1. The van der Waals surface area contributed by atoms with E-state index in [-0.39, 0.29) is 17.6 Å². The van der Waals surface area contributed by atoms with Gasteiger partial charge in [-0.05, 0) is 64.9 Å². The maximum absolute atomic E-state index is 12.9. The van der Waals surface area contributed by atoms with Crippen LogP contribution >= 0.6 is 46.7 Å². The Kier molecular flexibility index (Phi) is 10.1. The van der Waals surface area contributed by atoms with Crippen LogP contribution in [0.1, 0.15) is 18.9 Å². The van der Waals surface area contributed by atoms with Gasteiger partial charge in [0.15, 0.2) is 5.78 Å². The van der Waals surface area contributed by atoms with Crippen molar-refractivity contribution in [2.45, 2.75) is 42.4 Å². The molecule has 1 amide bonds. The number of aryl methyl sites for hydroxylation is 1. The third-order valence-electron chi connectivity index (χ3n) is 4.79. The van der Waals surface area contributed by atoms with Crippen LogP contribution in [0, 0.1) is 0 Å². The molecule has 0 spiro atoms. The van der Waals surface area contributed by atoms with Gasteiger partial charge in [0, 0.05) is 5.75 Å². The quantitative estimate of drug-likeness (QED) is 0.356. The highest BCUT2D eigenvalue weighted by Gasteiger charge is 2.22. The number of hydrogen-bond donors (Lipinski definition) is 1. The summed E-state index contributed by atoms with van der Waals surface area (Å²) in [6.45, 7) is 1.75. The standard InChI is InChI=1S/C22H23Cl2N5O3S2/c1-3-18(25-22(31)33-12-11-14-7-9-15(32-2)10-8-14)19(30)13-29-21(26-27-28-29)34-20-16(23)5-4-6-17(20)24/h4-10,18H,3,11-13H2,1-2H3,(H,25,31). The fourth-order valence-electron chi connectivity index (χ4n) is 2.95. The van der Waals surface area contributed by atoms with Gasteiger partial charge in [-0.2, -0.15) is 0 Å². The number of ether oxygens (including phenoxy) is 1. The molecule has 8 nitrogen and oxygen atoms in total. The molecule has 0 bridgehead atoms. The fraction of sp³-hybridized carbons (Fsp3) is 0.318. The Labute approximate surface area is 216 Å². The van der Waals surface area contributed by atoms with Gasteiger partial charge < -0.3 is 10.1 Å². The molecule has 34 heavy (non-hydrogen) atoms. The maximum Gasteiger partial charge on any atom is 0.279 e. The number of tetrazole rings is 1. The first-order chi connectivity index (χ1) is 16.4. The van der Waals surface area contributed by atoms with Crippen LogP contribution in [0.3, 0.4) is 0 Å². The molecule has 0 fully saturated rings. The van der Waals surface area contributed by atoms with E-state index in [9.17, 15) is 9.59 Å². The second-order valence-corrected chi connectivity index (χ2v) is 9.94. The number of hydrogen-bond acceptors (Lipinski definition) is 8. The fourth-order valence-corrected chi connectivity index (χ4v) is 5.12. The molecule has 1 atom stereocenters. The molecule has 0 saturated carbocycles. The number of carbonyl (C=O) groups excluding carboxylic acids is 2. The predicted octanol–water partition coefficient (Wildman–Crippen LogP) is 5.17. The van der Waals surface area contributed by atoms with Gasteiger partial charge in [0.25, 0.3) is 5.24 Å². The highest BCUT2D eigenvalue weighted by atomic mass is 35.5. The molecular weight excluding hydrogens is 517 g/mol. The van der Waals surface area contributed by atoms with Gasteiger partial charge in [0.2, 0.25) is 5.16 Å². The van der Waals surface area contributed by atoms with E-state index < -0.39 is 6.04 Å². The number of nitrogens with zero attached hydrogens (tertiary/aromatic N) is 4. The summed E-state index contributed by atoms with van der Waals surface area (Å²) in [5.74, 6) is 1.18. The lowest BCUT2D eigenvalue weighted by molar-refractivity contribution is -0.121. The second kappa shape index (κ2) is 13.0. The summed E-state index contributed by atoms with van der Waals surface area (Å²) in [7, 11) is 1.62. The molecular formula is C22H23Cl2N5O3S2. The largest absolute Gasteiger partial charge is 0.497 e. The van der Waals surface area contributed by atoms with Crippen LogP contribution in [0.15, 0.2) is 52.5 Å². The lowest BCUT2D eigenvalue weighted by atomic mass is 10.1. The first-order valence-electron chi connectivity index (χ1n) is 10.4. The summed E-state index contributed by atoms with van der Waals surface area (Å²) >= 11 is 14.8. The monoisotopic (exact) mass is 539 g/mol. The van der Waals surface area contributed by atoms with E-state index in [1.807, 2.05) is 31.2 Å². The molecule has 0 aliphatic carbocycles. The summed E-state index contributed by atoms with van der Waals surface area (Å²) in [4.78, 5) is 25.8. The van der Waals surface area contributed by atoms with Crippen LogP contribution in [-0.4, -0.2) is 50.1 Å². The van der Waals surface area contributed by atoms with Crippen LogP contribution in [0.2, 0.25) is 10.0 Å². The number of methoxy groups -OCH3 is 1. The lowest BCUT2D eigenvalue weighted by Crippen LogP contribution is -2.40. The molecule has 1 N–H and O–H groups in total. The molecule has 0 saturated heterocycles. The first kappa shape index (κ1) is 26.3. The number of ketones is 1. The van der Waals surface area contributed by atoms with Crippen LogP contribution in [-0.2, 0) is 17.8 Å². The number of nitrogens with one attached hydrogen (secondary N) is 1. The average molecular weight is 540 g/mol. The van der Waals surface area contributed by atoms with E-state index in [0.717, 1.165) is 29.5 Å². The van der Waals surface area contributed by atoms with Crippen LogP contribution < -0.4 is 10.1 Å². The molecule has 180 valence electrons. The van der Waals surface area contributed by atoms with Crippen LogP contribution in [0.5, 0.6) is 5.75 Å². The van der Waals surface area contributed by atoms with E-state index >= 15 is 0 Å². The van der Waals surface area contributed by atoms with Gasteiger partial charge in [-0.15, -0.1) is 5.10 Å². The topological polar surface area (TPSA) is 99.0 Å². The minimum atomic E-state index is -0.646. The van der Waals surface area contributed by atoms with Gasteiger partial charge in [-0.25, -0.2) is 4.68 Å². The van der Waals surface area contributed by atoms with Crippen LogP contribution in [0.25, 0.3) is 0 Å². The molecule has 0 aliphatic heterocycles. The molecule has 3 aromatic rings. The number of carbonyl (C=O) groups is 2.